The topological polar surface area (TPSA) is 284 Å². The molecule has 2 heterocycles. The number of rotatable bonds is 15. The zero-order valence-electron chi connectivity index (χ0n) is 20.8. The second kappa shape index (κ2) is 15.9. The number of nitrogens with two attached hydrogens (primary N) is 1. The van der Waals surface area contributed by atoms with Crippen LogP contribution in [0.15, 0.2) is 0 Å². The molecule has 0 aliphatic carbocycles. The van der Waals surface area contributed by atoms with E-state index in [0.29, 0.717) is 0 Å². The molecule has 14 atom stereocenters. The Morgan fingerprint density at radius 2 is 1.37 bits per heavy atom. The van der Waals surface area contributed by atoms with Crippen molar-refractivity contribution in [3.05, 3.63) is 0 Å². The normalized spacial score (nSPS) is 39.5. The largest absolute Gasteiger partial charge is 0.394 e. The molecule has 0 aromatic rings. The summed E-state index contributed by atoms with van der Waals surface area (Å²) in [5, 5.41) is 99.7. The van der Waals surface area contributed by atoms with E-state index in [1.54, 1.807) is 0 Å². The first-order valence-corrected chi connectivity index (χ1v) is 12.1. The van der Waals surface area contributed by atoms with Gasteiger partial charge in [0.1, 0.15) is 61.0 Å². The van der Waals surface area contributed by atoms with Crippen LogP contribution in [0.25, 0.3) is 0 Å². The minimum atomic E-state index is -1.77. The molecule has 0 aromatic carbocycles. The van der Waals surface area contributed by atoms with Crippen LogP contribution >= 0.6 is 0 Å². The lowest BCUT2D eigenvalue weighted by atomic mass is 9.99. The molecule has 0 aromatic heterocycles. The van der Waals surface area contributed by atoms with Crippen LogP contribution in [-0.2, 0) is 28.4 Å². The van der Waals surface area contributed by atoms with Gasteiger partial charge in [0.15, 0.2) is 18.9 Å². The molecule has 0 amide bonds. The first kappa shape index (κ1) is 33.5. The van der Waals surface area contributed by atoms with Crippen LogP contribution in [0, 0.1) is 0 Å². The third-order valence-electron chi connectivity index (χ3n) is 6.22. The van der Waals surface area contributed by atoms with E-state index in [0.717, 1.165) is 0 Å². The fourth-order valence-corrected chi connectivity index (χ4v) is 3.95. The third-order valence-corrected chi connectivity index (χ3v) is 6.22. The van der Waals surface area contributed by atoms with E-state index in [4.69, 9.17) is 34.2 Å². The summed E-state index contributed by atoms with van der Waals surface area (Å²) in [7, 11) is 0. The van der Waals surface area contributed by atoms with E-state index in [2.05, 4.69) is 0 Å². The smallest absolute Gasteiger partial charge is 0.187 e. The number of hydrogen-bond acceptors (Lipinski definition) is 17. The molecule has 12 N–H and O–H groups in total. The van der Waals surface area contributed by atoms with Crippen LogP contribution in [0.2, 0.25) is 0 Å². The lowest BCUT2D eigenvalue weighted by molar-refractivity contribution is -0.349. The highest BCUT2D eigenvalue weighted by atomic mass is 16.8. The predicted octanol–water partition coefficient (Wildman–Crippen LogP) is -6.95. The van der Waals surface area contributed by atoms with Gasteiger partial charge in [-0.2, -0.15) is 0 Å². The minimum absolute atomic E-state index is 0.0163. The van der Waals surface area contributed by atoms with Gasteiger partial charge in [-0.3, -0.25) is 0 Å². The summed E-state index contributed by atoms with van der Waals surface area (Å²) in [6, 6.07) is 0. The molecule has 226 valence electrons. The monoisotopic (exact) mass is 563 g/mol. The van der Waals surface area contributed by atoms with Crippen molar-refractivity contribution in [1.82, 2.24) is 0 Å². The van der Waals surface area contributed by atoms with Gasteiger partial charge < -0.3 is 85.2 Å². The molecule has 38 heavy (non-hydrogen) atoms. The molecule has 0 radical (unpaired) electrons. The molecule has 2 aliphatic heterocycles. The molecule has 10 unspecified atom stereocenters. The van der Waals surface area contributed by atoms with Crippen molar-refractivity contribution in [2.45, 2.75) is 92.9 Å². The standard InChI is InChI=1S/C21H41NO16/c1-8(34-21-16(31)14(29)13(28)11(6-25)36-21)10(5-24)35-19(9(27)4-23)38-18-12(7-26)37-20(33-3-2-22)17(32)15(18)30/h8-21,23-32H,2-7,22H2,1H3/t8-,9+,10?,11?,12+,13?,14?,15?,16?,17?,18?,19?,20-,21?/m1/s1. The Morgan fingerprint density at radius 1 is 0.763 bits per heavy atom. The fourth-order valence-electron chi connectivity index (χ4n) is 3.95. The molecule has 2 rings (SSSR count). The van der Waals surface area contributed by atoms with Crippen LogP contribution < -0.4 is 5.73 Å². The maximum atomic E-state index is 10.6. The van der Waals surface area contributed by atoms with Crippen LogP contribution in [0.1, 0.15) is 6.92 Å². The quantitative estimate of drug-likeness (QED) is 0.0825. The molecule has 17 heteroatoms. The van der Waals surface area contributed by atoms with Crippen LogP contribution in [0.5, 0.6) is 0 Å². The average Bonchev–Trinajstić information content (AvgIpc) is 2.92. The first-order valence-electron chi connectivity index (χ1n) is 12.1. The second-order valence-electron chi connectivity index (χ2n) is 8.98. The van der Waals surface area contributed by atoms with Gasteiger partial charge in [0.25, 0.3) is 0 Å². The summed E-state index contributed by atoms with van der Waals surface area (Å²) in [6.07, 6.45) is -21.4. The van der Waals surface area contributed by atoms with Crippen LogP contribution in [0.4, 0.5) is 0 Å². The summed E-state index contributed by atoms with van der Waals surface area (Å²) < 4.78 is 32.6. The minimum Gasteiger partial charge on any atom is -0.394 e. The highest BCUT2D eigenvalue weighted by molar-refractivity contribution is 4.92. The highest BCUT2D eigenvalue weighted by Crippen LogP contribution is 2.28. The van der Waals surface area contributed by atoms with E-state index in [1.807, 2.05) is 0 Å². The van der Waals surface area contributed by atoms with Crippen LogP contribution in [-0.4, -0.2) is 177 Å². The third kappa shape index (κ3) is 8.18. The molecule has 0 saturated carbocycles. The lowest BCUT2D eigenvalue weighted by Crippen LogP contribution is -2.62. The number of hydrogen-bond donors (Lipinski definition) is 11. The highest BCUT2D eigenvalue weighted by Gasteiger charge is 2.48. The SMILES string of the molecule is C[C@@H](OC1OC(CO)C(O)C(O)C1O)C(CO)OC(OC1C(O)C(O)[C@H](OCCN)O[C@H]1CO)[C@@H](O)CO. The van der Waals surface area contributed by atoms with E-state index in [9.17, 15) is 51.1 Å². The maximum absolute atomic E-state index is 10.6. The molecule has 17 nitrogen and oxygen atoms in total. The van der Waals surface area contributed by atoms with Crippen molar-refractivity contribution in [2.75, 3.05) is 39.6 Å². The summed E-state index contributed by atoms with van der Waals surface area (Å²) in [5.74, 6) is 0. The lowest BCUT2D eigenvalue weighted by Gasteiger charge is -2.44. The summed E-state index contributed by atoms with van der Waals surface area (Å²) >= 11 is 0. The summed E-state index contributed by atoms with van der Waals surface area (Å²) in [6.45, 7) is -1.62. The van der Waals surface area contributed by atoms with Gasteiger partial charge in [-0.15, -0.1) is 0 Å². The van der Waals surface area contributed by atoms with Gasteiger partial charge in [0.05, 0.1) is 39.1 Å². The summed E-state index contributed by atoms with van der Waals surface area (Å²) in [5.41, 5.74) is 5.36. The zero-order chi connectivity index (χ0) is 28.6. The molecule has 2 aliphatic rings. The van der Waals surface area contributed by atoms with Crippen molar-refractivity contribution in [2.24, 2.45) is 5.73 Å². The Morgan fingerprint density at radius 3 is 1.92 bits per heavy atom. The van der Waals surface area contributed by atoms with Gasteiger partial charge >= 0.3 is 0 Å². The van der Waals surface area contributed by atoms with Gasteiger partial charge in [0.2, 0.25) is 0 Å². The van der Waals surface area contributed by atoms with Gasteiger partial charge in [-0.1, -0.05) is 0 Å². The zero-order valence-corrected chi connectivity index (χ0v) is 20.8. The Labute approximate surface area is 218 Å². The first-order chi connectivity index (χ1) is 18.0. The average molecular weight is 564 g/mol. The van der Waals surface area contributed by atoms with E-state index in [-0.39, 0.29) is 13.2 Å². The summed E-state index contributed by atoms with van der Waals surface area (Å²) in [4.78, 5) is 0. The Bertz CT molecular complexity index is 661. The van der Waals surface area contributed by atoms with E-state index in [1.165, 1.54) is 6.92 Å². The van der Waals surface area contributed by atoms with Crippen molar-refractivity contribution in [3.8, 4) is 0 Å². The molecular formula is C21H41NO16. The predicted molar refractivity (Wildman–Crippen MR) is 121 cm³/mol. The molecular weight excluding hydrogens is 522 g/mol. The van der Waals surface area contributed by atoms with Crippen molar-refractivity contribution >= 4 is 0 Å². The Kier molecular flexibility index (Phi) is 14.1. The number of aliphatic hydroxyl groups is 10. The fraction of sp³-hybridized carbons (Fsp3) is 1.00. The molecule has 2 fully saturated rings. The van der Waals surface area contributed by atoms with Gasteiger partial charge in [0, 0.05) is 6.54 Å². The number of aliphatic hydroxyl groups excluding tert-OH is 10. The van der Waals surface area contributed by atoms with E-state index >= 15 is 0 Å². The molecule has 0 spiro atoms. The van der Waals surface area contributed by atoms with Crippen molar-refractivity contribution < 1.29 is 79.5 Å². The van der Waals surface area contributed by atoms with Crippen LogP contribution in [0.3, 0.4) is 0 Å². The maximum Gasteiger partial charge on any atom is 0.187 e. The Balaban J connectivity index is 2.12. The Hall–Kier alpha value is -0.680. The molecule has 2 saturated heterocycles. The van der Waals surface area contributed by atoms with Crippen molar-refractivity contribution in [3.63, 3.8) is 0 Å². The van der Waals surface area contributed by atoms with Crippen molar-refractivity contribution in [1.29, 1.82) is 0 Å². The van der Waals surface area contributed by atoms with Gasteiger partial charge in [-0.05, 0) is 6.92 Å². The molecule has 0 bridgehead atoms. The van der Waals surface area contributed by atoms with Gasteiger partial charge in [-0.25, -0.2) is 0 Å². The number of ether oxygens (including phenoxy) is 6. The second-order valence-corrected chi connectivity index (χ2v) is 8.98. The van der Waals surface area contributed by atoms with E-state index < -0.39 is 112 Å².